The van der Waals surface area contributed by atoms with Gasteiger partial charge < -0.3 is 10.2 Å². The van der Waals surface area contributed by atoms with E-state index in [1.54, 1.807) is 4.90 Å². The van der Waals surface area contributed by atoms with E-state index in [2.05, 4.69) is 5.32 Å². The summed E-state index contributed by atoms with van der Waals surface area (Å²) in [4.78, 5) is 27.0. The molecule has 1 fully saturated rings. The van der Waals surface area contributed by atoms with Gasteiger partial charge in [0.25, 0.3) is 5.69 Å². The molecule has 1 amide bonds. The van der Waals surface area contributed by atoms with Crippen molar-refractivity contribution in [2.24, 2.45) is 0 Å². The lowest BCUT2D eigenvalue weighted by Crippen LogP contribution is -2.48. The van der Waals surface area contributed by atoms with Crippen LogP contribution in [0, 0.1) is 10.1 Å². The van der Waals surface area contributed by atoms with E-state index in [4.69, 9.17) is 0 Å². The Kier molecular flexibility index (Phi) is 7.54. The summed E-state index contributed by atoms with van der Waals surface area (Å²) in [5.74, 6) is -0.176. The van der Waals surface area contributed by atoms with Crippen molar-refractivity contribution in [2.45, 2.75) is 12.6 Å². The van der Waals surface area contributed by atoms with Gasteiger partial charge in [-0.2, -0.15) is 13.2 Å². The molecule has 0 aliphatic carbocycles. The minimum absolute atomic E-state index is 0.141. The van der Waals surface area contributed by atoms with Crippen LogP contribution in [0.2, 0.25) is 0 Å². The molecule has 4 rings (SSSR count). The van der Waals surface area contributed by atoms with Gasteiger partial charge in [-0.05, 0) is 35.7 Å². The lowest BCUT2D eigenvalue weighted by Gasteiger charge is -2.35. The van der Waals surface area contributed by atoms with Crippen LogP contribution in [0.15, 0.2) is 72.8 Å². The van der Waals surface area contributed by atoms with Gasteiger partial charge in [-0.25, -0.2) is 0 Å². The first-order chi connectivity index (χ1) is 17.2. The SMILES string of the molecule is O=C(CN1CCN(c2ccc(C(F)(F)F)cc2[N+](=O)[O-])CC1)Nc1ccccc1Cc1ccccc1. The molecule has 7 nitrogen and oxygen atoms in total. The first-order valence-electron chi connectivity index (χ1n) is 11.5. The minimum Gasteiger partial charge on any atom is -0.363 e. The number of benzene rings is 3. The van der Waals surface area contributed by atoms with Crippen molar-refractivity contribution in [3.8, 4) is 0 Å². The Morgan fingerprint density at radius 2 is 1.61 bits per heavy atom. The first kappa shape index (κ1) is 25.2. The molecule has 3 aromatic carbocycles. The molecule has 10 heteroatoms. The molecule has 188 valence electrons. The topological polar surface area (TPSA) is 78.7 Å². The zero-order valence-electron chi connectivity index (χ0n) is 19.4. The lowest BCUT2D eigenvalue weighted by atomic mass is 10.0. The average molecular weight is 499 g/mol. The number of carbonyl (C=O) groups excluding carboxylic acids is 1. The summed E-state index contributed by atoms with van der Waals surface area (Å²) in [6, 6.07) is 20.1. The predicted molar refractivity (Wildman–Crippen MR) is 131 cm³/mol. The van der Waals surface area contributed by atoms with E-state index in [-0.39, 0.29) is 18.1 Å². The van der Waals surface area contributed by atoms with Gasteiger partial charge in [-0.15, -0.1) is 0 Å². The maximum Gasteiger partial charge on any atom is 0.416 e. The van der Waals surface area contributed by atoms with E-state index in [0.717, 1.165) is 28.9 Å². The summed E-state index contributed by atoms with van der Waals surface area (Å²) in [6.45, 7) is 1.73. The van der Waals surface area contributed by atoms with Gasteiger partial charge in [0.05, 0.1) is 17.0 Å². The molecule has 3 aromatic rings. The molecule has 0 saturated carbocycles. The Hall–Kier alpha value is -3.92. The molecule has 0 atom stereocenters. The molecule has 1 heterocycles. The second kappa shape index (κ2) is 10.8. The van der Waals surface area contributed by atoms with Crippen molar-refractivity contribution in [3.63, 3.8) is 0 Å². The zero-order valence-corrected chi connectivity index (χ0v) is 19.4. The van der Waals surface area contributed by atoms with E-state index >= 15 is 0 Å². The number of nitro benzene ring substituents is 1. The van der Waals surface area contributed by atoms with Crippen molar-refractivity contribution in [1.82, 2.24) is 4.90 Å². The third kappa shape index (κ3) is 6.19. The number of halogens is 3. The number of para-hydroxylation sites is 1. The van der Waals surface area contributed by atoms with Gasteiger partial charge >= 0.3 is 6.18 Å². The third-order valence-electron chi connectivity index (χ3n) is 6.11. The quantitative estimate of drug-likeness (QED) is 0.368. The smallest absolute Gasteiger partial charge is 0.363 e. The second-order valence-corrected chi connectivity index (χ2v) is 8.59. The number of carbonyl (C=O) groups is 1. The van der Waals surface area contributed by atoms with Gasteiger partial charge in [0.2, 0.25) is 5.91 Å². The summed E-state index contributed by atoms with van der Waals surface area (Å²) in [6.07, 6.45) is -3.98. The van der Waals surface area contributed by atoms with Gasteiger partial charge in [0.15, 0.2) is 0 Å². The Bertz CT molecular complexity index is 1230. The zero-order chi connectivity index (χ0) is 25.7. The van der Waals surface area contributed by atoms with E-state index in [0.29, 0.717) is 38.7 Å². The Morgan fingerprint density at radius 1 is 0.944 bits per heavy atom. The van der Waals surface area contributed by atoms with Crippen LogP contribution in [0.5, 0.6) is 0 Å². The molecule has 1 saturated heterocycles. The molecule has 0 unspecified atom stereocenters. The summed E-state index contributed by atoms with van der Waals surface area (Å²) in [5, 5.41) is 14.4. The van der Waals surface area contributed by atoms with Gasteiger partial charge in [-0.1, -0.05) is 48.5 Å². The Labute approximate surface area is 206 Å². The number of nitro groups is 1. The second-order valence-electron chi connectivity index (χ2n) is 8.59. The molecule has 1 N–H and O–H groups in total. The van der Waals surface area contributed by atoms with Crippen LogP contribution in [0.1, 0.15) is 16.7 Å². The molecular weight excluding hydrogens is 473 g/mol. The fourth-order valence-corrected chi connectivity index (χ4v) is 4.27. The van der Waals surface area contributed by atoms with E-state index in [1.165, 1.54) is 0 Å². The summed E-state index contributed by atoms with van der Waals surface area (Å²) >= 11 is 0. The predicted octanol–water partition coefficient (Wildman–Crippen LogP) is 4.97. The van der Waals surface area contributed by atoms with Gasteiger partial charge in [-0.3, -0.25) is 19.8 Å². The number of hydrogen-bond donors (Lipinski definition) is 1. The van der Waals surface area contributed by atoms with E-state index in [1.807, 2.05) is 59.5 Å². The number of amides is 1. The van der Waals surface area contributed by atoms with Crippen LogP contribution >= 0.6 is 0 Å². The number of rotatable bonds is 7. The van der Waals surface area contributed by atoms with Crippen molar-refractivity contribution in [3.05, 3.63) is 99.6 Å². The van der Waals surface area contributed by atoms with Crippen LogP contribution in [-0.2, 0) is 17.4 Å². The van der Waals surface area contributed by atoms with Crippen molar-refractivity contribution in [1.29, 1.82) is 0 Å². The average Bonchev–Trinajstić information content (AvgIpc) is 2.85. The molecule has 0 radical (unpaired) electrons. The van der Waals surface area contributed by atoms with Crippen LogP contribution < -0.4 is 10.2 Å². The number of anilines is 2. The maximum atomic E-state index is 13.0. The molecule has 0 spiro atoms. The van der Waals surface area contributed by atoms with Crippen LogP contribution in [0.3, 0.4) is 0 Å². The van der Waals surface area contributed by atoms with Gasteiger partial charge in [0.1, 0.15) is 5.69 Å². The number of piperazine rings is 1. The van der Waals surface area contributed by atoms with Crippen molar-refractivity contribution >= 4 is 23.0 Å². The monoisotopic (exact) mass is 498 g/mol. The van der Waals surface area contributed by atoms with Crippen LogP contribution in [0.4, 0.5) is 30.2 Å². The Morgan fingerprint density at radius 3 is 2.28 bits per heavy atom. The molecule has 1 aliphatic rings. The number of alkyl halides is 3. The van der Waals surface area contributed by atoms with E-state index < -0.39 is 22.4 Å². The third-order valence-corrected chi connectivity index (χ3v) is 6.11. The summed E-state index contributed by atoms with van der Waals surface area (Å²) in [7, 11) is 0. The maximum absolute atomic E-state index is 13.0. The summed E-state index contributed by atoms with van der Waals surface area (Å²) in [5.41, 5.74) is 1.38. The molecule has 0 bridgehead atoms. The van der Waals surface area contributed by atoms with E-state index in [9.17, 15) is 28.1 Å². The normalized spacial score (nSPS) is 14.5. The number of nitrogens with zero attached hydrogens (tertiary/aromatic N) is 3. The van der Waals surface area contributed by atoms with Crippen molar-refractivity contribution < 1.29 is 22.9 Å². The number of nitrogens with one attached hydrogen (secondary N) is 1. The summed E-state index contributed by atoms with van der Waals surface area (Å²) < 4.78 is 39.0. The molecular formula is C26H25F3N4O3. The van der Waals surface area contributed by atoms with Gasteiger partial charge in [0, 0.05) is 37.9 Å². The molecule has 36 heavy (non-hydrogen) atoms. The molecule has 0 aromatic heterocycles. The first-order valence-corrected chi connectivity index (χ1v) is 11.5. The largest absolute Gasteiger partial charge is 0.416 e. The van der Waals surface area contributed by atoms with Crippen LogP contribution in [0.25, 0.3) is 0 Å². The molecule has 1 aliphatic heterocycles. The highest BCUT2D eigenvalue weighted by atomic mass is 19.4. The van der Waals surface area contributed by atoms with Crippen molar-refractivity contribution in [2.75, 3.05) is 42.9 Å². The minimum atomic E-state index is -4.66. The standard InChI is InChI=1S/C26H25F3N4O3/c27-26(28,29)21-10-11-23(24(17-21)33(35)36)32-14-12-31(13-15-32)18-25(34)30-22-9-5-4-8-20(22)16-19-6-2-1-3-7-19/h1-11,17H,12-16,18H2,(H,30,34). The number of hydrogen-bond acceptors (Lipinski definition) is 5. The van der Waals surface area contributed by atoms with Crippen LogP contribution in [-0.4, -0.2) is 48.5 Å². The fourth-order valence-electron chi connectivity index (χ4n) is 4.27. The lowest BCUT2D eigenvalue weighted by molar-refractivity contribution is -0.384. The highest BCUT2D eigenvalue weighted by molar-refractivity contribution is 5.93. The highest BCUT2D eigenvalue weighted by Gasteiger charge is 2.34. The highest BCUT2D eigenvalue weighted by Crippen LogP contribution is 2.36. The fraction of sp³-hybridized carbons (Fsp3) is 0.269. The Balaban J connectivity index is 1.36.